The Labute approximate surface area is 408 Å². The predicted octanol–water partition coefficient (Wildman–Crippen LogP) is 4.29. The van der Waals surface area contributed by atoms with Gasteiger partial charge in [-0.15, -0.1) is 11.3 Å². The largest absolute Gasteiger partial charge is 0.483 e. The predicted molar refractivity (Wildman–Crippen MR) is 246 cm³/mol. The Morgan fingerprint density at radius 1 is 0.845 bits per heavy atom. The minimum Gasteiger partial charge on any atom is -0.483 e. The van der Waals surface area contributed by atoms with Gasteiger partial charge in [0.15, 0.2) is 6.61 Å². The zero-order valence-corrected chi connectivity index (χ0v) is 39.0. The maximum absolute atomic E-state index is 13.5. The van der Waals surface area contributed by atoms with Crippen molar-refractivity contribution in [2.45, 2.75) is 43.3 Å². The lowest BCUT2D eigenvalue weighted by Crippen LogP contribution is -2.54. The molecule has 5 aromatic rings. The average Bonchev–Trinajstić information content (AvgIpc) is 4.14. The summed E-state index contributed by atoms with van der Waals surface area (Å²) in [6.07, 6.45) is -3.38. The molecule has 71 heavy (non-hydrogen) atoms. The van der Waals surface area contributed by atoms with E-state index in [2.05, 4.69) is 35.5 Å². The third kappa shape index (κ3) is 12.3. The number of fused-ring (bicyclic) bond motifs is 1. The van der Waals surface area contributed by atoms with Gasteiger partial charge in [-0.3, -0.25) is 39.0 Å². The Kier molecular flexibility index (Phi) is 16.3. The highest BCUT2D eigenvalue weighted by Crippen LogP contribution is 2.39. The lowest BCUT2D eigenvalue weighted by molar-refractivity contribution is -0.159. The monoisotopic (exact) mass is 1000 g/mol. The van der Waals surface area contributed by atoms with Crippen LogP contribution < -0.4 is 20.7 Å². The van der Waals surface area contributed by atoms with Crippen LogP contribution in [0.1, 0.15) is 67.7 Å². The van der Waals surface area contributed by atoms with Gasteiger partial charge in [0.25, 0.3) is 23.6 Å². The van der Waals surface area contributed by atoms with E-state index in [-0.39, 0.29) is 73.0 Å². The Bertz CT molecular complexity index is 2730. The smallest absolute Gasteiger partial charge is 0.471 e. The van der Waals surface area contributed by atoms with E-state index in [9.17, 15) is 41.9 Å². The number of ether oxygens (including phenoxy) is 4. The lowest BCUT2D eigenvalue weighted by Gasteiger charge is -2.40. The van der Waals surface area contributed by atoms with E-state index in [1.165, 1.54) is 30.3 Å². The molecule has 0 bridgehead atoms. The van der Waals surface area contributed by atoms with Gasteiger partial charge in [-0.25, -0.2) is 4.98 Å². The first-order chi connectivity index (χ1) is 34.3. The molecule has 2 fully saturated rings. The van der Waals surface area contributed by atoms with Crippen molar-refractivity contribution in [2.24, 2.45) is 0 Å². The molecular formula is C48H49F3N8O11S. The van der Waals surface area contributed by atoms with Gasteiger partial charge in [0.1, 0.15) is 16.8 Å². The molecule has 3 aromatic carbocycles. The summed E-state index contributed by atoms with van der Waals surface area (Å²) in [5.41, 5.74) is 1.78. The van der Waals surface area contributed by atoms with Gasteiger partial charge < -0.3 is 39.0 Å². The number of benzene rings is 3. The number of thiazole rings is 1. The normalized spacial score (nSPS) is 17.0. The summed E-state index contributed by atoms with van der Waals surface area (Å²) < 4.78 is 66.2. The van der Waals surface area contributed by atoms with E-state index in [0.717, 1.165) is 34.3 Å². The Morgan fingerprint density at radius 3 is 2.30 bits per heavy atom. The number of carbonyl (C=O) groups is 6. The topological polar surface area (TPSA) is 234 Å². The SMILES string of the molecule is O=C(COc1cccc2c1C(=O)N(C1CCC(=O)NC1=O)C2=O)NCCOCCOCCOCCN1CCC(CNC(=O)c2cccc(-c3noc(C(F)(F)F)n3)c2)(c2nc(-c3ccccc3)cs2)CC1. The minimum atomic E-state index is -4.80. The quantitative estimate of drug-likeness (QED) is 0.0649. The second-order valence-electron chi connectivity index (χ2n) is 16.8. The molecule has 0 aliphatic carbocycles. The van der Waals surface area contributed by atoms with E-state index in [1.807, 2.05) is 35.7 Å². The standard InChI is InChI=1S/C48H49F3N8O11S/c49-48(50,51)45-56-40(57-70-45)31-8-4-9-32(26-31)41(62)53-29-47(46-54-34(28-71-46)30-6-2-1-3-7-30)14-17-58(18-15-47)19-21-67-23-25-68-24-22-66-20-16-52-38(61)27-69-36-11-5-10-33-39(36)44(65)59(43(33)64)35-12-13-37(60)55-42(35)63/h1-11,26,28,35H,12-25,27,29H2,(H,52,61)(H,53,62)(H,55,60,63). The maximum Gasteiger partial charge on any atom is 0.471 e. The van der Waals surface area contributed by atoms with Crippen LogP contribution in [-0.2, 0) is 40.2 Å². The number of piperidine rings is 2. The third-order valence-corrected chi connectivity index (χ3v) is 13.2. The molecule has 23 heteroatoms. The summed E-state index contributed by atoms with van der Waals surface area (Å²) in [6.45, 7) is 4.15. The van der Waals surface area contributed by atoms with E-state index in [4.69, 9.17) is 23.9 Å². The molecule has 1 unspecified atom stereocenters. The number of aromatic nitrogens is 3. The van der Waals surface area contributed by atoms with Crippen molar-refractivity contribution < 1.29 is 65.4 Å². The van der Waals surface area contributed by atoms with E-state index in [0.29, 0.717) is 45.8 Å². The fourth-order valence-corrected chi connectivity index (χ4v) is 9.42. The first-order valence-electron chi connectivity index (χ1n) is 22.8. The highest BCUT2D eigenvalue weighted by atomic mass is 32.1. The van der Waals surface area contributed by atoms with Crippen molar-refractivity contribution >= 4 is 46.8 Å². The molecule has 3 aliphatic rings. The van der Waals surface area contributed by atoms with Crippen LogP contribution in [0.3, 0.4) is 0 Å². The summed E-state index contributed by atoms with van der Waals surface area (Å²) in [4.78, 5) is 87.8. The molecule has 19 nitrogen and oxygen atoms in total. The van der Waals surface area contributed by atoms with Gasteiger partial charge in [-0.05, 0) is 56.6 Å². The molecule has 6 amide bonds. The maximum atomic E-state index is 13.5. The number of nitrogens with zero attached hydrogens (tertiary/aromatic N) is 5. The molecule has 0 spiro atoms. The highest BCUT2D eigenvalue weighted by molar-refractivity contribution is 7.10. The van der Waals surface area contributed by atoms with Crippen LogP contribution in [0.4, 0.5) is 13.2 Å². The summed E-state index contributed by atoms with van der Waals surface area (Å²) in [5.74, 6) is -5.23. The molecule has 374 valence electrons. The number of hydrogen-bond donors (Lipinski definition) is 3. The van der Waals surface area contributed by atoms with Gasteiger partial charge in [0, 0.05) is 53.5 Å². The van der Waals surface area contributed by atoms with E-state index < -0.39 is 65.6 Å². The van der Waals surface area contributed by atoms with E-state index in [1.54, 1.807) is 23.5 Å². The summed E-state index contributed by atoms with van der Waals surface area (Å²) in [7, 11) is 0. The number of hydrogen-bond acceptors (Lipinski definition) is 16. The second kappa shape index (κ2) is 22.9. The van der Waals surface area contributed by atoms with Crippen LogP contribution in [-0.4, -0.2) is 145 Å². The molecule has 5 heterocycles. The molecular weight excluding hydrogens is 954 g/mol. The van der Waals surface area contributed by atoms with Crippen LogP contribution in [0.2, 0.25) is 0 Å². The number of carbonyl (C=O) groups excluding carboxylic acids is 6. The number of nitrogens with one attached hydrogen (secondary N) is 3. The number of rotatable bonds is 22. The molecule has 3 N–H and O–H groups in total. The van der Waals surface area contributed by atoms with Crippen LogP contribution in [0.15, 0.2) is 82.7 Å². The molecule has 2 aromatic heterocycles. The van der Waals surface area contributed by atoms with E-state index >= 15 is 0 Å². The van der Waals surface area contributed by atoms with Crippen LogP contribution in [0.25, 0.3) is 22.6 Å². The Balaban J connectivity index is 0.712. The first kappa shape index (κ1) is 50.5. The second-order valence-corrected chi connectivity index (χ2v) is 17.7. The van der Waals surface area contributed by atoms with Gasteiger partial charge in [-0.2, -0.15) is 18.2 Å². The van der Waals surface area contributed by atoms with Crippen molar-refractivity contribution in [3.05, 3.63) is 106 Å². The summed E-state index contributed by atoms with van der Waals surface area (Å²) >= 11 is 1.55. The Morgan fingerprint density at radius 2 is 1.56 bits per heavy atom. The number of alkyl halides is 3. The molecule has 0 radical (unpaired) electrons. The van der Waals surface area contributed by atoms with Crippen molar-refractivity contribution in [2.75, 3.05) is 79.0 Å². The van der Waals surface area contributed by atoms with Crippen molar-refractivity contribution in [1.82, 2.24) is 40.9 Å². The fraction of sp³-hybridized carbons (Fsp3) is 0.396. The molecule has 2 saturated heterocycles. The summed E-state index contributed by atoms with van der Waals surface area (Å²) in [5, 5.41) is 14.2. The number of likely N-dealkylation sites (tertiary alicyclic amines) is 1. The zero-order chi connectivity index (χ0) is 50.0. The number of halogens is 3. The fourth-order valence-electron chi connectivity index (χ4n) is 8.33. The summed E-state index contributed by atoms with van der Waals surface area (Å²) in [6, 6.07) is 19.1. The molecule has 1 atom stereocenters. The molecule has 8 rings (SSSR count). The van der Waals surface area contributed by atoms with Gasteiger partial charge in [0.05, 0.1) is 56.5 Å². The van der Waals surface area contributed by atoms with Crippen LogP contribution >= 0.6 is 11.3 Å². The molecule has 0 saturated carbocycles. The van der Waals surface area contributed by atoms with Crippen molar-refractivity contribution in [1.29, 1.82) is 0 Å². The number of amides is 6. The van der Waals surface area contributed by atoms with Crippen LogP contribution in [0.5, 0.6) is 5.75 Å². The number of imide groups is 2. The highest BCUT2D eigenvalue weighted by Gasteiger charge is 2.46. The Hall–Kier alpha value is -6.92. The molecule has 3 aliphatic heterocycles. The van der Waals surface area contributed by atoms with Gasteiger partial charge >= 0.3 is 12.1 Å². The third-order valence-electron chi connectivity index (χ3n) is 12.1. The zero-order valence-electron chi connectivity index (χ0n) is 38.2. The first-order valence-corrected chi connectivity index (χ1v) is 23.7. The average molecular weight is 1000 g/mol. The van der Waals surface area contributed by atoms with Gasteiger partial charge in [0.2, 0.25) is 17.6 Å². The van der Waals surface area contributed by atoms with Crippen LogP contribution in [0, 0.1) is 0 Å². The minimum absolute atomic E-state index is 0.00826. The lowest BCUT2D eigenvalue weighted by atomic mass is 9.78. The van der Waals surface area contributed by atoms with Gasteiger partial charge in [-0.1, -0.05) is 53.7 Å². The van der Waals surface area contributed by atoms with Crippen molar-refractivity contribution in [3.63, 3.8) is 0 Å². The van der Waals surface area contributed by atoms with Crippen molar-refractivity contribution in [3.8, 4) is 28.4 Å².